The number of carbonyl (C=O) groups is 4. The Labute approximate surface area is 151 Å². The average Bonchev–Trinajstić information content (AvgIpc) is 2.54. The van der Waals surface area contributed by atoms with Crippen molar-refractivity contribution >= 4 is 35.5 Å². The molecule has 0 aromatic rings. The Balaban J connectivity index is 4.56. The lowest BCUT2D eigenvalue weighted by molar-refractivity contribution is -0.142. The lowest BCUT2D eigenvalue weighted by atomic mass is 10.0. The van der Waals surface area contributed by atoms with Crippen LogP contribution in [0.25, 0.3) is 0 Å². The first kappa shape index (κ1) is 23.2. The molecule has 2 unspecified atom stereocenters. The Morgan fingerprint density at radius 2 is 1.68 bits per heavy atom. The van der Waals surface area contributed by atoms with E-state index in [0.717, 1.165) is 0 Å². The molecule has 0 rings (SSSR count). The maximum absolute atomic E-state index is 12.1. The fourth-order valence-corrected chi connectivity index (χ4v) is 2.46. The number of hydrogen-bond acceptors (Lipinski definition) is 6. The summed E-state index contributed by atoms with van der Waals surface area (Å²) >= 11 is 1.52. The lowest BCUT2D eigenvalue weighted by Crippen LogP contribution is -2.51. The van der Waals surface area contributed by atoms with Gasteiger partial charge in [-0.1, -0.05) is 13.8 Å². The summed E-state index contributed by atoms with van der Waals surface area (Å²) in [5.41, 5.74) is 5.23. The molecule has 0 fully saturated rings. The molecule has 9 nitrogen and oxygen atoms in total. The SMILES string of the molecule is CSCCC(NC(=O)CN)C(=O)NCC(=O)NC(CC(C)C)C(=O)O. The molecule has 0 aliphatic carbocycles. The molecule has 2 atom stereocenters. The van der Waals surface area contributed by atoms with Gasteiger partial charge in [-0.3, -0.25) is 14.4 Å². The van der Waals surface area contributed by atoms with Gasteiger partial charge < -0.3 is 26.8 Å². The number of carboxylic acids is 1. The molecule has 0 aromatic carbocycles. The number of nitrogens with two attached hydrogens (primary N) is 1. The van der Waals surface area contributed by atoms with E-state index in [1.807, 2.05) is 20.1 Å². The van der Waals surface area contributed by atoms with Gasteiger partial charge in [-0.05, 0) is 30.8 Å². The zero-order valence-electron chi connectivity index (χ0n) is 14.8. The minimum absolute atomic E-state index is 0.0957. The Morgan fingerprint density at radius 1 is 1.08 bits per heavy atom. The molecule has 0 aliphatic rings. The van der Waals surface area contributed by atoms with E-state index in [1.54, 1.807) is 0 Å². The van der Waals surface area contributed by atoms with Crippen LogP contribution < -0.4 is 21.7 Å². The molecule has 3 amide bonds. The number of rotatable bonds is 12. The van der Waals surface area contributed by atoms with Crippen LogP contribution in [-0.4, -0.2) is 66.0 Å². The Bertz CT molecular complexity index is 473. The van der Waals surface area contributed by atoms with Crippen LogP contribution in [0.3, 0.4) is 0 Å². The van der Waals surface area contributed by atoms with Crippen LogP contribution in [0.4, 0.5) is 0 Å². The summed E-state index contributed by atoms with van der Waals surface area (Å²) in [5.74, 6) is -1.96. The van der Waals surface area contributed by atoms with E-state index < -0.39 is 35.8 Å². The molecule has 0 bridgehead atoms. The van der Waals surface area contributed by atoms with Gasteiger partial charge in [-0.2, -0.15) is 11.8 Å². The molecule has 0 radical (unpaired) electrons. The summed E-state index contributed by atoms with van der Waals surface area (Å²) in [4.78, 5) is 46.5. The van der Waals surface area contributed by atoms with E-state index in [-0.39, 0.29) is 25.4 Å². The van der Waals surface area contributed by atoms with Crippen LogP contribution in [0.2, 0.25) is 0 Å². The second kappa shape index (κ2) is 12.5. The fourth-order valence-electron chi connectivity index (χ4n) is 1.99. The van der Waals surface area contributed by atoms with Crippen molar-refractivity contribution in [2.45, 2.75) is 38.8 Å². The van der Waals surface area contributed by atoms with Crippen LogP contribution in [-0.2, 0) is 19.2 Å². The zero-order valence-corrected chi connectivity index (χ0v) is 15.6. The number of amides is 3. The molecular weight excluding hydrogens is 348 g/mol. The minimum Gasteiger partial charge on any atom is -0.480 e. The number of aliphatic carboxylic acids is 1. The van der Waals surface area contributed by atoms with Crippen molar-refractivity contribution in [2.75, 3.05) is 25.1 Å². The molecular formula is C15H28N4O5S. The van der Waals surface area contributed by atoms with E-state index in [1.165, 1.54) is 11.8 Å². The molecule has 25 heavy (non-hydrogen) atoms. The predicted molar refractivity (Wildman–Crippen MR) is 96.0 cm³/mol. The molecule has 0 saturated heterocycles. The predicted octanol–water partition coefficient (Wildman–Crippen LogP) is -1.09. The van der Waals surface area contributed by atoms with Gasteiger partial charge in [0.1, 0.15) is 12.1 Å². The lowest BCUT2D eigenvalue weighted by Gasteiger charge is -2.19. The fraction of sp³-hybridized carbons (Fsp3) is 0.733. The first-order valence-electron chi connectivity index (χ1n) is 7.99. The van der Waals surface area contributed by atoms with Gasteiger partial charge in [-0.15, -0.1) is 0 Å². The number of nitrogens with one attached hydrogen (secondary N) is 3. The van der Waals surface area contributed by atoms with Crippen molar-refractivity contribution in [2.24, 2.45) is 11.7 Å². The number of thioether (sulfide) groups is 1. The number of carboxylic acid groups (broad SMARTS) is 1. The van der Waals surface area contributed by atoms with Gasteiger partial charge in [0, 0.05) is 0 Å². The van der Waals surface area contributed by atoms with E-state index in [4.69, 9.17) is 10.8 Å². The summed E-state index contributed by atoms with van der Waals surface area (Å²) < 4.78 is 0. The van der Waals surface area contributed by atoms with Crippen molar-refractivity contribution in [3.8, 4) is 0 Å². The van der Waals surface area contributed by atoms with E-state index in [0.29, 0.717) is 12.2 Å². The second-order valence-electron chi connectivity index (χ2n) is 5.91. The van der Waals surface area contributed by atoms with Crippen molar-refractivity contribution < 1.29 is 24.3 Å². The van der Waals surface area contributed by atoms with Crippen LogP contribution in [0, 0.1) is 5.92 Å². The molecule has 0 aliphatic heterocycles. The summed E-state index contributed by atoms with van der Waals surface area (Å²) in [6, 6.07) is -1.80. The highest BCUT2D eigenvalue weighted by atomic mass is 32.2. The van der Waals surface area contributed by atoms with E-state index in [9.17, 15) is 19.2 Å². The number of hydrogen-bond donors (Lipinski definition) is 5. The zero-order chi connectivity index (χ0) is 19.4. The molecule has 10 heteroatoms. The third-order valence-corrected chi connectivity index (χ3v) is 3.86. The van der Waals surface area contributed by atoms with Crippen LogP contribution in [0.15, 0.2) is 0 Å². The summed E-state index contributed by atoms with van der Waals surface area (Å²) in [6.07, 6.45) is 2.55. The van der Waals surface area contributed by atoms with E-state index in [2.05, 4.69) is 16.0 Å². The molecule has 6 N–H and O–H groups in total. The topological polar surface area (TPSA) is 151 Å². The van der Waals surface area contributed by atoms with Gasteiger partial charge in [0.15, 0.2) is 0 Å². The third kappa shape index (κ3) is 10.6. The normalized spacial score (nSPS) is 13.0. The average molecular weight is 376 g/mol. The van der Waals surface area contributed by atoms with Gasteiger partial charge in [0.05, 0.1) is 13.1 Å². The first-order valence-corrected chi connectivity index (χ1v) is 9.38. The Hall–Kier alpha value is -1.81. The monoisotopic (exact) mass is 376 g/mol. The van der Waals surface area contributed by atoms with Crippen molar-refractivity contribution in [3.63, 3.8) is 0 Å². The van der Waals surface area contributed by atoms with Gasteiger partial charge >= 0.3 is 5.97 Å². The highest BCUT2D eigenvalue weighted by Gasteiger charge is 2.23. The molecule has 0 saturated carbocycles. The number of carbonyl (C=O) groups excluding carboxylic acids is 3. The van der Waals surface area contributed by atoms with Gasteiger partial charge in [-0.25, -0.2) is 4.79 Å². The Morgan fingerprint density at radius 3 is 2.16 bits per heavy atom. The quantitative estimate of drug-likeness (QED) is 0.290. The van der Waals surface area contributed by atoms with Gasteiger partial charge in [0.2, 0.25) is 17.7 Å². The molecule has 0 spiro atoms. The van der Waals surface area contributed by atoms with Gasteiger partial charge in [0.25, 0.3) is 0 Å². The smallest absolute Gasteiger partial charge is 0.326 e. The molecule has 144 valence electrons. The summed E-state index contributed by atoms with van der Waals surface area (Å²) in [7, 11) is 0. The van der Waals surface area contributed by atoms with Crippen LogP contribution in [0.5, 0.6) is 0 Å². The van der Waals surface area contributed by atoms with Crippen LogP contribution >= 0.6 is 11.8 Å². The van der Waals surface area contributed by atoms with Crippen molar-refractivity contribution in [1.29, 1.82) is 0 Å². The maximum atomic E-state index is 12.1. The largest absolute Gasteiger partial charge is 0.480 e. The Kier molecular flexibility index (Phi) is 11.6. The summed E-state index contributed by atoms with van der Waals surface area (Å²) in [6.45, 7) is 3.09. The highest BCUT2D eigenvalue weighted by molar-refractivity contribution is 7.98. The third-order valence-electron chi connectivity index (χ3n) is 3.21. The standard InChI is InChI=1S/C15H28N4O5S/c1-9(2)6-11(15(23)24)19-13(21)8-17-14(22)10(4-5-25-3)18-12(20)7-16/h9-11H,4-8,16H2,1-3H3,(H,17,22)(H,18,20)(H,19,21)(H,23,24). The minimum atomic E-state index is -1.12. The van der Waals surface area contributed by atoms with Crippen molar-refractivity contribution in [1.82, 2.24) is 16.0 Å². The second-order valence-corrected chi connectivity index (χ2v) is 6.90. The summed E-state index contributed by atoms with van der Waals surface area (Å²) in [5, 5.41) is 16.4. The molecule has 0 aromatic heterocycles. The molecule has 0 heterocycles. The highest BCUT2D eigenvalue weighted by Crippen LogP contribution is 2.05. The van der Waals surface area contributed by atoms with Crippen LogP contribution in [0.1, 0.15) is 26.7 Å². The van der Waals surface area contributed by atoms with Crippen molar-refractivity contribution in [3.05, 3.63) is 0 Å². The van der Waals surface area contributed by atoms with E-state index >= 15 is 0 Å². The maximum Gasteiger partial charge on any atom is 0.326 e. The first-order chi connectivity index (χ1) is 11.7.